The van der Waals surface area contributed by atoms with Crippen LogP contribution in [0, 0.1) is 13.8 Å². The van der Waals surface area contributed by atoms with Gasteiger partial charge in [0.1, 0.15) is 11.4 Å². The Balaban J connectivity index is 1.82. The second-order valence-corrected chi connectivity index (χ2v) is 11.2. The molecular formula is C30H32ClN3O3. The zero-order valence-corrected chi connectivity index (χ0v) is 22.7. The number of ether oxygens (including phenoxy) is 1. The molecule has 4 aromatic rings. The molecule has 7 heteroatoms. The number of hydrogen-bond donors (Lipinski definition) is 1. The van der Waals surface area contributed by atoms with Gasteiger partial charge < -0.3 is 19.3 Å². The van der Waals surface area contributed by atoms with Crippen molar-refractivity contribution in [2.45, 2.75) is 59.7 Å². The number of halogens is 1. The number of carbonyl (C=O) groups is 1. The van der Waals surface area contributed by atoms with E-state index in [-0.39, 0.29) is 6.42 Å². The molecule has 2 aromatic carbocycles. The van der Waals surface area contributed by atoms with Crippen LogP contribution in [0.2, 0.25) is 5.02 Å². The van der Waals surface area contributed by atoms with Gasteiger partial charge >= 0.3 is 5.97 Å². The second kappa shape index (κ2) is 9.42. The molecular weight excluding hydrogens is 486 g/mol. The van der Waals surface area contributed by atoms with E-state index in [1.165, 1.54) is 0 Å². The number of nitrogens with zero attached hydrogens (tertiary/aromatic N) is 3. The number of anilines is 1. The van der Waals surface area contributed by atoms with Crippen LogP contribution < -0.4 is 9.64 Å². The lowest BCUT2D eigenvalue weighted by atomic mass is 9.88. The number of rotatable bonds is 6. The first-order valence-corrected chi connectivity index (χ1v) is 12.9. The summed E-state index contributed by atoms with van der Waals surface area (Å²) < 4.78 is 8.72. The fourth-order valence-electron chi connectivity index (χ4n) is 5.47. The smallest absolute Gasteiger partial charge is 0.307 e. The van der Waals surface area contributed by atoms with Crippen LogP contribution in [0.5, 0.6) is 5.75 Å². The summed E-state index contributed by atoms with van der Waals surface area (Å²) in [6.45, 7) is 12.5. The van der Waals surface area contributed by atoms with Crippen LogP contribution in [0.4, 0.5) is 5.69 Å². The minimum atomic E-state index is -0.867. The number of aromatic nitrogens is 2. The maximum absolute atomic E-state index is 12.2. The molecule has 0 radical (unpaired) electrons. The Bertz CT molecular complexity index is 1500. The third-order valence-electron chi connectivity index (χ3n) is 6.87. The monoisotopic (exact) mass is 517 g/mol. The lowest BCUT2D eigenvalue weighted by Gasteiger charge is -2.34. The van der Waals surface area contributed by atoms with Crippen LogP contribution in [0.15, 0.2) is 48.8 Å². The quantitative estimate of drug-likeness (QED) is 0.304. The first-order valence-electron chi connectivity index (χ1n) is 12.5. The van der Waals surface area contributed by atoms with Crippen LogP contribution in [0.25, 0.3) is 22.0 Å². The molecule has 1 aliphatic rings. The third-order valence-corrected chi connectivity index (χ3v) is 7.11. The van der Waals surface area contributed by atoms with Gasteiger partial charge in [0, 0.05) is 53.7 Å². The van der Waals surface area contributed by atoms with Gasteiger partial charge in [0.2, 0.25) is 0 Å². The van der Waals surface area contributed by atoms with Gasteiger partial charge in [-0.2, -0.15) is 0 Å². The van der Waals surface area contributed by atoms with Crippen molar-refractivity contribution in [3.05, 3.63) is 76.2 Å². The Hall–Kier alpha value is -3.51. The standard InChI is InChI=1S/C30H32ClN3O3/c1-18-13-24-27(22-9-8-21(31)14-25(22)37-30(3,4)5)23(15-26(35)36)19(2)28-29(24)34(18)12-11-33(28)17-20-7-6-10-32-16-20/h6-10,13-14,16H,11-12,15,17H2,1-5H3,(H,35,36). The average Bonchev–Trinajstić information content (AvgIpc) is 3.14. The zero-order valence-electron chi connectivity index (χ0n) is 21.9. The van der Waals surface area contributed by atoms with Gasteiger partial charge in [-0.05, 0) is 87.2 Å². The van der Waals surface area contributed by atoms with E-state index in [0.717, 1.165) is 63.2 Å². The third kappa shape index (κ3) is 4.78. The molecule has 6 nitrogen and oxygen atoms in total. The lowest BCUT2D eigenvalue weighted by Crippen LogP contribution is -2.32. The minimum absolute atomic E-state index is 0.0906. The van der Waals surface area contributed by atoms with Gasteiger partial charge in [-0.3, -0.25) is 9.78 Å². The highest BCUT2D eigenvalue weighted by Crippen LogP contribution is 2.48. The topological polar surface area (TPSA) is 67.6 Å². The van der Waals surface area contributed by atoms with Crippen LogP contribution in [0.3, 0.4) is 0 Å². The van der Waals surface area contributed by atoms with Crippen molar-refractivity contribution in [3.63, 3.8) is 0 Å². The van der Waals surface area contributed by atoms with Crippen molar-refractivity contribution >= 4 is 34.2 Å². The van der Waals surface area contributed by atoms with E-state index in [1.54, 1.807) is 6.20 Å². The maximum Gasteiger partial charge on any atom is 0.307 e. The van der Waals surface area contributed by atoms with Gasteiger partial charge in [-0.25, -0.2) is 0 Å². The number of aryl methyl sites for hydroxylation is 1. The van der Waals surface area contributed by atoms with Crippen molar-refractivity contribution in [2.24, 2.45) is 0 Å². The molecule has 0 saturated heterocycles. The first kappa shape index (κ1) is 25.2. The fraction of sp³-hybridized carbons (Fsp3) is 0.333. The molecule has 2 aromatic heterocycles. The van der Waals surface area contributed by atoms with Crippen LogP contribution in [-0.2, 0) is 24.3 Å². The molecule has 192 valence electrons. The Morgan fingerprint density at radius 2 is 1.95 bits per heavy atom. The lowest BCUT2D eigenvalue weighted by molar-refractivity contribution is -0.136. The number of carboxylic acid groups (broad SMARTS) is 1. The normalized spacial score (nSPS) is 13.3. The van der Waals surface area contributed by atoms with Crippen molar-refractivity contribution in [1.29, 1.82) is 0 Å². The van der Waals surface area contributed by atoms with Crippen LogP contribution in [-0.4, -0.2) is 32.8 Å². The number of hydrogen-bond acceptors (Lipinski definition) is 4. The highest BCUT2D eigenvalue weighted by atomic mass is 35.5. The molecule has 0 amide bonds. The second-order valence-electron chi connectivity index (χ2n) is 10.7. The maximum atomic E-state index is 12.2. The van der Waals surface area contributed by atoms with E-state index < -0.39 is 11.6 Å². The van der Waals surface area contributed by atoms with Gasteiger partial charge in [-0.15, -0.1) is 0 Å². The number of carboxylic acids is 1. The summed E-state index contributed by atoms with van der Waals surface area (Å²) in [4.78, 5) is 18.8. The van der Waals surface area contributed by atoms with Crippen molar-refractivity contribution in [1.82, 2.24) is 9.55 Å². The molecule has 0 unspecified atom stereocenters. The Labute approximate surface area is 222 Å². The van der Waals surface area contributed by atoms with Crippen LogP contribution >= 0.6 is 11.6 Å². The molecule has 37 heavy (non-hydrogen) atoms. The molecule has 1 N–H and O–H groups in total. The Morgan fingerprint density at radius 1 is 1.16 bits per heavy atom. The van der Waals surface area contributed by atoms with Crippen molar-refractivity contribution in [3.8, 4) is 16.9 Å². The molecule has 3 heterocycles. The first-order chi connectivity index (χ1) is 17.5. The van der Waals surface area contributed by atoms with Gasteiger partial charge in [-0.1, -0.05) is 17.7 Å². The van der Waals surface area contributed by atoms with E-state index in [0.29, 0.717) is 17.3 Å². The van der Waals surface area contributed by atoms with Crippen molar-refractivity contribution < 1.29 is 14.6 Å². The summed E-state index contributed by atoms with van der Waals surface area (Å²) in [5.74, 6) is -0.219. The molecule has 1 aliphatic heterocycles. The molecule has 0 fully saturated rings. The van der Waals surface area contributed by atoms with Gasteiger partial charge in [0.25, 0.3) is 0 Å². The number of aliphatic carboxylic acids is 1. The summed E-state index contributed by atoms with van der Waals surface area (Å²) in [6.07, 6.45) is 3.58. The van der Waals surface area contributed by atoms with Gasteiger partial charge in [0.05, 0.1) is 17.6 Å². The SMILES string of the molecule is Cc1c(CC(=O)O)c(-c2ccc(Cl)cc2OC(C)(C)C)c2cc(C)n3c2c1N(Cc1cccnc1)CC3. The average molecular weight is 518 g/mol. The summed E-state index contributed by atoms with van der Waals surface area (Å²) in [5.41, 5.74) is 7.57. The molecule has 5 rings (SSSR count). The summed E-state index contributed by atoms with van der Waals surface area (Å²) in [5, 5.41) is 11.6. The largest absolute Gasteiger partial charge is 0.487 e. The molecule has 0 atom stereocenters. The van der Waals surface area contributed by atoms with E-state index in [9.17, 15) is 9.90 Å². The highest BCUT2D eigenvalue weighted by molar-refractivity contribution is 6.31. The summed E-state index contributed by atoms with van der Waals surface area (Å²) in [6, 6.07) is 11.8. The predicted molar refractivity (Wildman–Crippen MR) is 149 cm³/mol. The summed E-state index contributed by atoms with van der Waals surface area (Å²) >= 11 is 6.40. The van der Waals surface area contributed by atoms with Crippen LogP contribution in [0.1, 0.15) is 43.2 Å². The zero-order chi connectivity index (χ0) is 26.5. The highest BCUT2D eigenvalue weighted by Gasteiger charge is 2.30. The Kier molecular flexibility index (Phi) is 6.40. The number of pyridine rings is 1. The number of benzene rings is 2. The fourth-order valence-corrected chi connectivity index (χ4v) is 5.63. The van der Waals surface area contributed by atoms with E-state index >= 15 is 0 Å². The molecule has 0 spiro atoms. The molecule has 0 bridgehead atoms. The van der Waals surface area contributed by atoms with E-state index in [4.69, 9.17) is 16.3 Å². The summed E-state index contributed by atoms with van der Waals surface area (Å²) in [7, 11) is 0. The van der Waals surface area contributed by atoms with E-state index in [1.807, 2.05) is 58.2 Å². The Morgan fingerprint density at radius 3 is 2.62 bits per heavy atom. The van der Waals surface area contributed by atoms with Crippen molar-refractivity contribution in [2.75, 3.05) is 11.4 Å². The van der Waals surface area contributed by atoms with E-state index in [2.05, 4.69) is 33.5 Å². The molecule has 0 aliphatic carbocycles. The van der Waals surface area contributed by atoms with Gasteiger partial charge in [0.15, 0.2) is 0 Å². The minimum Gasteiger partial charge on any atom is -0.487 e. The predicted octanol–water partition coefficient (Wildman–Crippen LogP) is 6.80. The molecule has 0 saturated carbocycles.